The minimum absolute atomic E-state index is 0.0385. The Kier molecular flexibility index (Phi) is 4.84. The molecule has 1 fully saturated rings. The quantitative estimate of drug-likeness (QED) is 0.823. The molecule has 108 valence electrons. The fraction of sp³-hybridized carbons (Fsp3) is 0.692. The molecular weight excluding hydrogens is 273 g/mol. The third-order valence-electron chi connectivity index (χ3n) is 3.27. The molecule has 0 aromatic carbocycles. The van der Waals surface area contributed by atoms with E-state index in [2.05, 4.69) is 12.2 Å². The monoisotopic (exact) mass is 292 g/mol. The number of hydrogen-bond acceptors (Lipinski definition) is 2. The molecule has 19 heavy (non-hydrogen) atoms. The second-order valence-corrected chi connectivity index (χ2v) is 6.01. The van der Waals surface area contributed by atoms with Crippen LogP contribution in [0.15, 0.2) is 18.5 Å². The summed E-state index contributed by atoms with van der Waals surface area (Å²) in [4.78, 5) is 0. The first kappa shape index (κ1) is 14.8. The standard InChI is InChI=1S/C13H19F3N2S/c1-2-17-12(10-3-4-10)11-5-6-18(9-11)7-8-19-13(14,15)16/h5-6,9-10,12,17H,2-4,7-8H2,1H3. The number of halogens is 3. The molecule has 0 spiro atoms. The van der Waals surface area contributed by atoms with Crippen molar-refractivity contribution in [3.05, 3.63) is 24.0 Å². The molecule has 0 amide bonds. The van der Waals surface area contributed by atoms with Crippen LogP contribution < -0.4 is 5.32 Å². The summed E-state index contributed by atoms with van der Waals surface area (Å²) in [6, 6.07) is 2.38. The number of alkyl halides is 3. The average molecular weight is 292 g/mol. The Bertz CT molecular complexity index is 399. The summed E-state index contributed by atoms with van der Waals surface area (Å²) in [5.74, 6) is 0.757. The van der Waals surface area contributed by atoms with Gasteiger partial charge < -0.3 is 9.88 Å². The third-order valence-corrected chi connectivity index (χ3v) is 3.98. The van der Waals surface area contributed by atoms with Crippen LogP contribution in [0, 0.1) is 5.92 Å². The van der Waals surface area contributed by atoms with Crippen LogP contribution in [0.2, 0.25) is 0 Å². The molecule has 0 aliphatic heterocycles. The van der Waals surface area contributed by atoms with Gasteiger partial charge in [0.05, 0.1) is 0 Å². The van der Waals surface area contributed by atoms with Crippen LogP contribution in [-0.4, -0.2) is 22.4 Å². The van der Waals surface area contributed by atoms with Gasteiger partial charge in [0.15, 0.2) is 0 Å². The van der Waals surface area contributed by atoms with Gasteiger partial charge in [0.25, 0.3) is 0 Å². The third kappa shape index (κ3) is 4.76. The fourth-order valence-corrected chi connectivity index (χ4v) is 2.79. The smallest absolute Gasteiger partial charge is 0.353 e. The van der Waals surface area contributed by atoms with Gasteiger partial charge in [-0.2, -0.15) is 13.2 Å². The Morgan fingerprint density at radius 2 is 2.21 bits per heavy atom. The highest BCUT2D eigenvalue weighted by atomic mass is 32.2. The van der Waals surface area contributed by atoms with Crippen LogP contribution in [0.4, 0.5) is 13.2 Å². The van der Waals surface area contributed by atoms with Crippen LogP contribution in [0.25, 0.3) is 0 Å². The highest BCUT2D eigenvalue weighted by Crippen LogP contribution is 2.41. The zero-order valence-electron chi connectivity index (χ0n) is 10.9. The summed E-state index contributed by atoms with van der Waals surface area (Å²) >= 11 is 0.0385. The summed E-state index contributed by atoms with van der Waals surface area (Å²) in [5.41, 5.74) is -2.93. The summed E-state index contributed by atoms with van der Waals surface area (Å²) < 4.78 is 38.0. The normalized spacial score (nSPS) is 17.7. The molecule has 2 rings (SSSR count). The minimum Gasteiger partial charge on any atom is -0.353 e. The van der Waals surface area contributed by atoms with E-state index in [1.54, 1.807) is 0 Å². The first-order chi connectivity index (χ1) is 8.99. The van der Waals surface area contributed by atoms with E-state index in [0.717, 1.165) is 6.54 Å². The van der Waals surface area contributed by atoms with Crippen molar-refractivity contribution in [2.75, 3.05) is 12.3 Å². The van der Waals surface area contributed by atoms with Gasteiger partial charge in [-0.25, -0.2) is 0 Å². The van der Waals surface area contributed by atoms with Crippen molar-refractivity contribution >= 4 is 11.8 Å². The summed E-state index contributed by atoms with van der Waals surface area (Å²) in [6.45, 7) is 3.39. The predicted octanol–water partition coefficient (Wildman–Crippen LogP) is 3.80. The highest BCUT2D eigenvalue weighted by molar-refractivity contribution is 8.00. The second kappa shape index (κ2) is 6.22. The lowest BCUT2D eigenvalue weighted by molar-refractivity contribution is -0.0328. The fourth-order valence-electron chi connectivity index (χ4n) is 2.26. The van der Waals surface area contributed by atoms with Gasteiger partial charge in [0.1, 0.15) is 0 Å². The van der Waals surface area contributed by atoms with E-state index in [1.807, 2.05) is 23.0 Å². The van der Waals surface area contributed by atoms with Gasteiger partial charge in [-0.05, 0) is 48.7 Å². The topological polar surface area (TPSA) is 17.0 Å². The molecule has 0 saturated heterocycles. The predicted molar refractivity (Wildman–Crippen MR) is 72.1 cm³/mol. The number of nitrogens with zero attached hydrogens (tertiary/aromatic N) is 1. The zero-order valence-corrected chi connectivity index (χ0v) is 11.7. The van der Waals surface area contributed by atoms with E-state index in [4.69, 9.17) is 0 Å². The van der Waals surface area contributed by atoms with Crippen LogP contribution in [0.5, 0.6) is 0 Å². The van der Waals surface area contributed by atoms with E-state index in [0.29, 0.717) is 18.5 Å². The molecule has 1 aromatic rings. The molecule has 1 saturated carbocycles. The van der Waals surface area contributed by atoms with Gasteiger partial charge in [0, 0.05) is 30.7 Å². The van der Waals surface area contributed by atoms with E-state index in [1.165, 1.54) is 18.4 Å². The van der Waals surface area contributed by atoms with Crippen LogP contribution in [0.1, 0.15) is 31.4 Å². The maximum atomic E-state index is 12.1. The Morgan fingerprint density at radius 3 is 2.79 bits per heavy atom. The summed E-state index contributed by atoms with van der Waals surface area (Å²) in [6.07, 6.45) is 6.33. The minimum atomic E-state index is -4.13. The molecule has 1 unspecified atom stereocenters. The SMILES string of the molecule is CCNC(c1ccn(CCSC(F)(F)F)c1)C1CC1. The van der Waals surface area contributed by atoms with Gasteiger partial charge in [0.2, 0.25) is 0 Å². The number of nitrogens with one attached hydrogen (secondary N) is 1. The van der Waals surface area contributed by atoms with Crippen molar-refractivity contribution in [1.82, 2.24) is 9.88 Å². The Labute approximate surface area is 115 Å². The molecular formula is C13H19F3N2S. The maximum Gasteiger partial charge on any atom is 0.441 e. The Balaban J connectivity index is 1.87. The van der Waals surface area contributed by atoms with Gasteiger partial charge >= 0.3 is 5.51 Å². The summed E-state index contributed by atoms with van der Waals surface area (Å²) in [7, 11) is 0. The highest BCUT2D eigenvalue weighted by Gasteiger charge is 2.32. The van der Waals surface area contributed by atoms with E-state index >= 15 is 0 Å². The van der Waals surface area contributed by atoms with E-state index in [-0.39, 0.29) is 17.5 Å². The number of aryl methyl sites for hydroxylation is 1. The Morgan fingerprint density at radius 1 is 1.47 bits per heavy atom. The van der Waals surface area contributed by atoms with Crippen molar-refractivity contribution < 1.29 is 13.2 Å². The molecule has 0 radical (unpaired) electrons. The van der Waals surface area contributed by atoms with Crippen molar-refractivity contribution in [3.63, 3.8) is 0 Å². The average Bonchev–Trinajstić information content (AvgIpc) is 3.05. The van der Waals surface area contributed by atoms with E-state index in [9.17, 15) is 13.2 Å². The number of rotatable bonds is 7. The molecule has 2 nitrogen and oxygen atoms in total. The summed E-state index contributed by atoms with van der Waals surface area (Å²) in [5, 5.41) is 3.46. The largest absolute Gasteiger partial charge is 0.441 e. The lowest BCUT2D eigenvalue weighted by Gasteiger charge is -2.15. The van der Waals surface area contributed by atoms with E-state index < -0.39 is 5.51 Å². The lowest BCUT2D eigenvalue weighted by atomic mass is 10.1. The molecule has 1 atom stereocenters. The zero-order chi connectivity index (χ0) is 13.9. The van der Waals surface area contributed by atoms with Gasteiger partial charge in [-0.3, -0.25) is 0 Å². The molecule has 0 bridgehead atoms. The first-order valence-corrected chi connectivity index (χ1v) is 7.58. The van der Waals surface area contributed by atoms with Crippen LogP contribution in [0.3, 0.4) is 0 Å². The molecule has 1 aliphatic carbocycles. The van der Waals surface area contributed by atoms with Crippen molar-refractivity contribution in [1.29, 1.82) is 0 Å². The van der Waals surface area contributed by atoms with Crippen molar-refractivity contribution in [3.8, 4) is 0 Å². The van der Waals surface area contributed by atoms with Gasteiger partial charge in [-0.1, -0.05) is 6.92 Å². The number of thioether (sulfide) groups is 1. The maximum absolute atomic E-state index is 12.1. The van der Waals surface area contributed by atoms with Crippen molar-refractivity contribution in [2.24, 2.45) is 5.92 Å². The molecule has 1 N–H and O–H groups in total. The first-order valence-electron chi connectivity index (χ1n) is 6.59. The number of aromatic nitrogens is 1. The Hall–Kier alpha value is -0.620. The molecule has 1 aromatic heterocycles. The van der Waals surface area contributed by atoms with Crippen LogP contribution in [-0.2, 0) is 6.54 Å². The molecule has 6 heteroatoms. The second-order valence-electron chi connectivity index (χ2n) is 4.85. The van der Waals surface area contributed by atoms with Gasteiger partial charge in [-0.15, -0.1) is 0 Å². The lowest BCUT2D eigenvalue weighted by Crippen LogP contribution is -2.22. The van der Waals surface area contributed by atoms with Crippen molar-refractivity contribution in [2.45, 2.75) is 37.9 Å². The molecule has 1 heterocycles. The molecule has 1 aliphatic rings. The number of hydrogen-bond donors (Lipinski definition) is 1. The van der Waals surface area contributed by atoms with Crippen LogP contribution >= 0.6 is 11.8 Å².